The molecule has 1 amide bonds. The predicted octanol–water partition coefficient (Wildman–Crippen LogP) is 1.20. The lowest BCUT2D eigenvalue weighted by Gasteiger charge is -2.18. The van der Waals surface area contributed by atoms with Crippen LogP contribution in [0.1, 0.15) is 24.8 Å². The monoisotopic (exact) mass is 351 g/mol. The summed E-state index contributed by atoms with van der Waals surface area (Å²) in [4.78, 5) is 11.4. The minimum Gasteiger partial charge on any atom is -0.568 e. The van der Waals surface area contributed by atoms with E-state index in [2.05, 4.69) is 10.0 Å². The lowest BCUT2D eigenvalue weighted by Crippen LogP contribution is -2.30. The lowest BCUT2D eigenvalue weighted by atomic mass is 10.0. The number of anilines is 1. The van der Waals surface area contributed by atoms with E-state index < -0.39 is 23.3 Å². The fourth-order valence-electron chi connectivity index (χ4n) is 3.23. The second-order valence-electron chi connectivity index (χ2n) is 6.46. The van der Waals surface area contributed by atoms with Crippen LogP contribution in [0.4, 0.5) is 10.1 Å². The maximum absolute atomic E-state index is 15.0. The number of nitrogens with one attached hydrogen (secondary N) is 2. The van der Waals surface area contributed by atoms with Crippen molar-refractivity contribution in [3.8, 4) is 5.75 Å². The van der Waals surface area contributed by atoms with Crippen LogP contribution in [0, 0.1) is 11.7 Å². The van der Waals surface area contributed by atoms with Crippen LogP contribution in [0.15, 0.2) is 18.2 Å². The van der Waals surface area contributed by atoms with Crippen molar-refractivity contribution in [2.24, 2.45) is 5.92 Å². The van der Waals surface area contributed by atoms with Crippen molar-refractivity contribution in [2.45, 2.75) is 25.3 Å². The fourth-order valence-corrected chi connectivity index (χ4v) is 4.17. The van der Waals surface area contributed by atoms with Crippen molar-refractivity contribution in [2.75, 3.05) is 17.4 Å². The van der Waals surface area contributed by atoms with Crippen molar-refractivity contribution in [3.05, 3.63) is 29.6 Å². The van der Waals surface area contributed by atoms with Gasteiger partial charge in [-0.15, -0.1) is 4.72 Å². The minimum absolute atomic E-state index is 0.198. The second kappa shape index (κ2) is 5.94. The quantitative estimate of drug-likeness (QED) is 0.710. The van der Waals surface area contributed by atoms with Crippen LogP contribution < -0.4 is 14.3 Å². The highest BCUT2D eigenvalue weighted by atomic mass is 32.2. The molecule has 1 aromatic rings. The van der Waals surface area contributed by atoms with Crippen LogP contribution in [0.5, 0.6) is 5.75 Å². The Kier molecular flexibility index (Phi) is 3.90. The Hall–Kier alpha value is -1.77. The Labute approximate surface area is 142 Å². The van der Waals surface area contributed by atoms with E-state index in [1.165, 1.54) is 25.0 Å². The summed E-state index contributed by atoms with van der Waals surface area (Å²) in [5.74, 6) is -0.687. The number of rotatable bonds is 4. The van der Waals surface area contributed by atoms with Gasteiger partial charge < -0.3 is 15.0 Å². The zero-order chi connectivity index (χ0) is 16.8. The topological polar surface area (TPSA) is 87.7 Å². The summed E-state index contributed by atoms with van der Waals surface area (Å²) < 4.78 is 30.1. The van der Waals surface area contributed by atoms with Gasteiger partial charge in [-0.2, -0.15) is 4.31 Å². The average Bonchev–Trinajstić information content (AvgIpc) is 3.11. The molecular weight excluding hydrogens is 333 g/mol. The number of halogens is 1. The molecule has 1 aliphatic carbocycles. The van der Waals surface area contributed by atoms with Gasteiger partial charge in [0.25, 0.3) is 5.91 Å². The highest BCUT2D eigenvalue weighted by Gasteiger charge is 2.38. The normalized spacial score (nSPS) is 26.7. The van der Waals surface area contributed by atoms with Gasteiger partial charge in [0, 0.05) is 18.2 Å². The van der Waals surface area contributed by atoms with Gasteiger partial charge in [0.15, 0.2) is 29.6 Å². The molecule has 24 heavy (non-hydrogen) atoms. The molecular formula is C16H18FN3O3S. The van der Waals surface area contributed by atoms with Crippen molar-refractivity contribution >= 4 is 28.7 Å². The Bertz CT molecular complexity index is 723. The smallest absolute Gasteiger partial charge is 0.287 e. The van der Waals surface area contributed by atoms with E-state index in [0.717, 1.165) is 22.2 Å². The summed E-state index contributed by atoms with van der Waals surface area (Å²) in [5, 5.41) is 13.4. The number of carbonyl (C=O) groups is 1. The molecule has 0 radical (unpaired) electrons. The molecule has 2 fully saturated rings. The maximum Gasteiger partial charge on any atom is 0.287 e. The van der Waals surface area contributed by atoms with Gasteiger partial charge in [-0.25, -0.2) is 4.39 Å². The molecule has 6 nitrogen and oxygen atoms in total. The number of carbonyl (C=O) groups excluding carboxylic acids is 1. The largest absolute Gasteiger partial charge is 0.568 e. The van der Waals surface area contributed by atoms with Crippen molar-refractivity contribution < 1.29 is 18.8 Å². The van der Waals surface area contributed by atoms with Gasteiger partial charge in [0.2, 0.25) is 0 Å². The number of hydrogen-bond acceptors (Lipinski definition) is 5. The third-order valence-electron chi connectivity index (χ3n) is 4.62. The number of phenols is 1. The van der Waals surface area contributed by atoms with Gasteiger partial charge in [0.1, 0.15) is 5.75 Å². The van der Waals surface area contributed by atoms with Crippen molar-refractivity contribution in [1.82, 2.24) is 10.0 Å². The van der Waals surface area contributed by atoms with Crippen LogP contribution >= 0.6 is 0 Å². The molecule has 4 rings (SSSR count). The summed E-state index contributed by atoms with van der Waals surface area (Å²) in [6.45, 7) is 0.306. The molecule has 2 heterocycles. The average molecular weight is 351 g/mol. The van der Waals surface area contributed by atoms with E-state index in [1.807, 2.05) is 6.08 Å². The van der Waals surface area contributed by atoms with Crippen LogP contribution in [-0.2, 0) is 16.3 Å². The Morgan fingerprint density at radius 1 is 1.42 bits per heavy atom. The molecule has 3 N–H and O–H groups in total. The summed E-state index contributed by atoms with van der Waals surface area (Å²) in [6.07, 6.45) is 5.62. The molecule has 0 bridgehead atoms. The number of hydrogen-bond donors (Lipinski definition) is 3. The highest BCUT2D eigenvalue weighted by molar-refractivity contribution is 7.92. The molecule has 128 valence electrons. The van der Waals surface area contributed by atoms with E-state index >= 15 is 0 Å². The zero-order valence-corrected chi connectivity index (χ0v) is 13.7. The third-order valence-corrected chi connectivity index (χ3v) is 5.73. The van der Waals surface area contributed by atoms with Crippen LogP contribution in [-0.4, -0.2) is 34.7 Å². The fraction of sp³-hybridized carbons (Fsp3) is 0.438. The summed E-state index contributed by atoms with van der Waals surface area (Å²) in [5.41, 5.74) is 0.990. The minimum atomic E-state index is -1.88. The van der Waals surface area contributed by atoms with Crippen LogP contribution in [0.25, 0.3) is 5.57 Å². The third kappa shape index (κ3) is 2.85. The van der Waals surface area contributed by atoms with Crippen LogP contribution in [0.3, 0.4) is 0 Å². The van der Waals surface area contributed by atoms with Crippen molar-refractivity contribution in [1.29, 1.82) is 0 Å². The number of nitrogens with zero attached hydrogens (tertiary/aromatic N) is 1. The molecule has 3 aliphatic rings. The number of amides is 1. The summed E-state index contributed by atoms with van der Waals surface area (Å²) in [6, 6.07) is 3.14. The Morgan fingerprint density at radius 2 is 2.21 bits per heavy atom. The summed E-state index contributed by atoms with van der Waals surface area (Å²) >= 11 is -1.88. The first-order chi connectivity index (χ1) is 11.5. The standard InChI is InChI=1S/C16H18FN3O3S/c17-15-12(10-6-11(18-7-10)5-9-1-2-9)3-4-13(21)16(15)20-8-14(22)19-24(20)23/h3-4,6,9,11,18,21H,1-2,5,7-8H2,(H,19,22). The lowest BCUT2D eigenvalue weighted by molar-refractivity contribution is -0.117. The zero-order valence-electron chi connectivity index (χ0n) is 12.9. The molecule has 2 atom stereocenters. The first kappa shape index (κ1) is 15.7. The molecule has 0 spiro atoms. The van der Waals surface area contributed by atoms with E-state index in [1.54, 1.807) is 0 Å². The first-order valence-corrected chi connectivity index (χ1v) is 9.08. The van der Waals surface area contributed by atoms with Gasteiger partial charge >= 0.3 is 0 Å². The van der Waals surface area contributed by atoms with Gasteiger partial charge in [-0.1, -0.05) is 18.9 Å². The molecule has 8 heteroatoms. The highest BCUT2D eigenvalue weighted by Crippen LogP contribution is 2.39. The molecule has 0 aromatic heterocycles. The molecule has 1 aromatic carbocycles. The van der Waals surface area contributed by atoms with E-state index in [9.17, 15) is 18.8 Å². The Morgan fingerprint density at radius 3 is 2.88 bits per heavy atom. The van der Waals surface area contributed by atoms with E-state index in [0.29, 0.717) is 12.1 Å². The second-order valence-corrected chi connectivity index (χ2v) is 7.61. The molecule has 2 unspecified atom stereocenters. The van der Waals surface area contributed by atoms with E-state index in [4.69, 9.17) is 0 Å². The van der Waals surface area contributed by atoms with Gasteiger partial charge in [-0.3, -0.25) is 4.79 Å². The molecule has 1 saturated carbocycles. The summed E-state index contributed by atoms with van der Waals surface area (Å²) in [7, 11) is 0. The Balaban J connectivity index is 1.65. The predicted molar refractivity (Wildman–Crippen MR) is 88.8 cm³/mol. The SMILES string of the molecule is O=C1CN(c2c(O)ccc(C3=CC(CC4CC4)NC3)c2F)[S+]([O-])N1. The van der Waals surface area contributed by atoms with Crippen LogP contribution in [0.2, 0.25) is 0 Å². The van der Waals surface area contributed by atoms with E-state index in [-0.39, 0.29) is 24.0 Å². The first-order valence-electron chi connectivity index (χ1n) is 7.97. The number of phenolic OH excluding ortho intramolecular Hbond substituents is 1. The maximum atomic E-state index is 15.0. The molecule has 1 saturated heterocycles. The molecule has 2 aliphatic heterocycles. The van der Waals surface area contributed by atoms with Gasteiger partial charge in [-0.05, 0) is 30.0 Å². The number of aromatic hydroxyl groups is 1. The number of benzene rings is 1. The van der Waals surface area contributed by atoms with Crippen molar-refractivity contribution in [3.63, 3.8) is 0 Å². The van der Waals surface area contributed by atoms with Gasteiger partial charge in [0.05, 0.1) is 0 Å².